The third-order valence-corrected chi connectivity index (χ3v) is 18.8. The summed E-state index contributed by atoms with van der Waals surface area (Å²) in [6.45, 7) is 14.9. The van der Waals surface area contributed by atoms with Gasteiger partial charge >= 0.3 is 5.97 Å². The molecule has 0 heterocycles. The molecule has 3 saturated carbocycles. The van der Waals surface area contributed by atoms with Crippen LogP contribution in [-0.2, 0) is 9.53 Å². The van der Waals surface area contributed by atoms with Gasteiger partial charge in [0.2, 0.25) is 0 Å². The number of ether oxygens (including phenoxy) is 1. The number of esters is 1. The van der Waals surface area contributed by atoms with E-state index < -0.39 is 0 Å². The van der Waals surface area contributed by atoms with Gasteiger partial charge in [0.1, 0.15) is 6.10 Å². The molecule has 2 nitrogen and oxygen atoms in total. The molecule has 0 N–H and O–H groups in total. The Kier molecular flexibility index (Phi) is 31.3. The van der Waals surface area contributed by atoms with Crippen molar-refractivity contribution in [3.63, 3.8) is 0 Å². The van der Waals surface area contributed by atoms with Crippen LogP contribution in [0.5, 0.6) is 0 Å². The highest BCUT2D eigenvalue weighted by molar-refractivity contribution is 5.69. The first kappa shape index (κ1) is 59.7. The molecule has 0 aromatic rings. The van der Waals surface area contributed by atoms with Crippen LogP contribution in [0.25, 0.3) is 0 Å². The zero-order chi connectivity index (χ0) is 49.3. The lowest BCUT2D eigenvalue weighted by atomic mass is 9.47. The monoisotopic (exact) mass is 953 g/mol. The maximum absolute atomic E-state index is 13.0. The highest BCUT2D eigenvalue weighted by Crippen LogP contribution is 2.67. The van der Waals surface area contributed by atoms with Crippen molar-refractivity contribution < 1.29 is 9.53 Å². The summed E-state index contributed by atoms with van der Waals surface area (Å²) < 4.78 is 6.19. The van der Waals surface area contributed by atoms with E-state index in [1.165, 1.54) is 212 Å². The molecule has 69 heavy (non-hydrogen) atoms. The molecule has 0 amide bonds. The molecule has 4 aliphatic rings. The fraction of sp³-hybridized carbons (Fsp3) is 0.836. The van der Waals surface area contributed by atoms with Crippen molar-refractivity contribution in [3.8, 4) is 0 Å². The topological polar surface area (TPSA) is 26.3 Å². The van der Waals surface area contributed by atoms with E-state index in [1.54, 1.807) is 5.57 Å². The highest BCUT2D eigenvalue weighted by Gasteiger charge is 2.59. The quantitative estimate of drug-likeness (QED) is 0.0348. The van der Waals surface area contributed by atoms with Crippen molar-refractivity contribution in [1.29, 1.82) is 0 Å². The van der Waals surface area contributed by atoms with E-state index in [0.717, 1.165) is 80.5 Å². The summed E-state index contributed by atoms with van der Waals surface area (Å²) in [6, 6.07) is 0. The minimum absolute atomic E-state index is 0.0676. The number of hydrogen-bond acceptors (Lipinski definition) is 2. The molecule has 0 aromatic heterocycles. The number of fused-ring (bicyclic) bond motifs is 5. The van der Waals surface area contributed by atoms with Gasteiger partial charge in [-0.15, -0.1) is 0 Å². The van der Waals surface area contributed by atoms with Gasteiger partial charge in [-0.25, -0.2) is 0 Å². The van der Waals surface area contributed by atoms with Crippen LogP contribution in [0, 0.1) is 46.3 Å². The molecule has 0 spiro atoms. The Morgan fingerprint density at radius 3 is 1.58 bits per heavy atom. The first-order valence-electron chi connectivity index (χ1n) is 31.2. The lowest BCUT2D eigenvalue weighted by Gasteiger charge is -2.58. The molecule has 0 bridgehead atoms. The van der Waals surface area contributed by atoms with Gasteiger partial charge in [0.05, 0.1) is 0 Å². The molecule has 2 heteroatoms. The molecule has 0 radical (unpaired) electrons. The summed E-state index contributed by atoms with van der Waals surface area (Å²) >= 11 is 0. The Morgan fingerprint density at radius 1 is 0.565 bits per heavy atom. The smallest absolute Gasteiger partial charge is 0.306 e. The second-order valence-corrected chi connectivity index (χ2v) is 24.7. The average molecular weight is 954 g/mol. The van der Waals surface area contributed by atoms with Crippen LogP contribution in [0.1, 0.15) is 305 Å². The highest BCUT2D eigenvalue weighted by atomic mass is 16.5. The van der Waals surface area contributed by atoms with Gasteiger partial charge in [0.25, 0.3) is 0 Å². The first-order chi connectivity index (χ1) is 33.7. The van der Waals surface area contributed by atoms with Crippen molar-refractivity contribution in [1.82, 2.24) is 0 Å². The SMILES string of the molecule is CC/C=C\C/C=C\C/C=C\C/C=C\CCCCCCCCCCCCCCCCCCCCCCCCCCC(=O)OC1CCC2(C)C(=CCC3C2CCC2(C)C(C(C)CCCC(C)C)CCC32)C1. The molecule has 396 valence electrons. The van der Waals surface area contributed by atoms with Gasteiger partial charge in [0.15, 0.2) is 0 Å². The number of unbranched alkanes of at least 4 members (excludes halogenated alkanes) is 24. The first-order valence-corrected chi connectivity index (χ1v) is 31.2. The summed E-state index contributed by atoms with van der Waals surface area (Å²) in [4.78, 5) is 13.0. The molecular weight excluding hydrogens is 837 g/mol. The summed E-state index contributed by atoms with van der Waals surface area (Å²) in [5, 5.41) is 0. The Hall–Kier alpha value is -1.83. The van der Waals surface area contributed by atoms with Gasteiger partial charge in [-0.1, -0.05) is 262 Å². The van der Waals surface area contributed by atoms with Crippen molar-refractivity contribution in [2.45, 2.75) is 311 Å². The van der Waals surface area contributed by atoms with Crippen LogP contribution in [0.15, 0.2) is 60.3 Å². The summed E-state index contributed by atoms with van der Waals surface area (Å²) in [7, 11) is 0. The summed E-state index contributed by atoms with van der Waals surface area (Å²) in [5.41, 5.74) is 2.53. The number of allylic oxidation sites excluding steroid dienone is 9. The Bertz CT molecular complexity index is 1460. The third-order valence-electron chi connectivity index (χ3n) is 18.8. The van der Waals surface area contributed by atoms with E-state index in [4.69, 9.17) is 4.74 Å². The van der Waals surface area contributed by atoms with Gasteiger partial charge in [-0.2, -0.15) is 0 Å². The lowest BCUT2D eigenvalue weighted by molar-refractivity contribution is -0.151. The summed E-state index contributed by atoms with van der Waals surface area (Å²) in [6.07, 6.45) is 75.3. The Labute approximate surface area is 431 Å². The van der Waals surface area contributed by atoms with Crippen LogP contribution in [-0.4, -0.2) is 12.1 Å². The molecular formula is C67H116O2. The van der Waals surface area contributed by atoms with E-state index in [0.29, 0.717) is 17.3 Å². The Morgan fingerprint density at radius 2 is 1.06 bits per heavy atom. The van der Waals surface area contributed by atoms with Gasteiger partial charge in [0, 0.05) is 12.8 Å². The lowest BCUT2D eigenvalue weighted by Crippen LogP contribution is -2.51. The van der Waals surface area contributed by atoms with Gasteiger partial charge in [-0.05, 0) is 136 Å². The van der Waals surface area contributed by atoms with Crippen LogP contribution in [0.2, 0.25) is 0 Å². The minimum atomic E-state index is 0.0676. The second-order valence-electron chi connectivity index (χ2n) is 24.7. The number of hydrogen-bond donors (Lipinski definition) is 0. The number of carbonyl (C=O) groups is 1. The zero-order valence-electron chi connectivity index (χ0n) is 47.0. The maximum atomic E-state index is 13.0. The molecule has 4 aliphatic carbocycles. The zero-order valence-corrected chi connectivity index (χ0v) is 47.0. The molecule has 8 unspecified atom stereocenters. The van der Waals surface area contributed by atoms with E-state index in [2.05, 4.69) is 96.2 Å². The fourth-order valence-corrected chi connectivity index (χ4v) is 14.5. The fourth-order valence-electron chi connectivity index (χ4n) is 14.5. The largest absolute Gasteiger partial charge is 0.462 e. The van der Waals surface area contributed by atoms with Gasteiger partial charge < -0.3 is 4.74 Å². The third kappa shape index (κ3) is 22.9. The van der Waals surface area contributed by atoms with E-state index in [1.807, 2.05) is 0 Å². The van der Waals surface area contributed by atoms with E-state index in [-0.39, 0.29) is 12.1 Å². The van der Waals surface area contributed by atoms with Crippen LogP contribution < -0.4 is 0 Å². The predicted molar refractivity (Wildman–Crippen MR) is 304 cm³/mol. The average Bonchev–Trinajstić information content (AvgIpc) is 3.70. The van der Waals surface area contributed by atoms with Crippen molar-refractivity contribution in [2.75, 3.05) is 0 Å². The van der Waals surface area contributed by atoms with Crippen LogP contribution in [0.4, 0.5) is 0 Å². The van der Waals surface area contributed by atoms with Crippen LogP contribution in [0.3, 0.4) is 0 Å². The minimum Gasteiger partial charge on any atom is -0.462 e. The molecule has 0 aromatic carbocycles. The normalized spacial score (nSPS) is 26.4. The molecule has 3 fully saturated rings. The predicted octanol–water partition coefficient (Wildman–Crippen LogP) is 21.9. The van der Waals surface area contributed by atoms with Crippen molar-refractivity contribution in [3.05, 3.63) is 60.3 Å². The van der Waals surface area contributed by atoms with Crippen molar-refractivity contribution in [2.24, 2.45) is 46.3 Å². The van der Waals surface area contributed by atoms with Crippen LogP contribution >= 0.6 is 0 Å². The Balaban J connectivity index is 0.865. The summed E-state index contributed by atoms with van der Waals surface area (Å²) in [5.74, 6) is 5.32. The molecule has 0 saturated heterocycles. The van der Waals surface area contributed by atoms with E-state index >= 15 is 0 Å². The second kappa shape index (κ2) is 36.2. The molecule has 8 atom stereocenters. The molecule has 4 rings (SSSR count). The standard InChI is InChI=1S/C67H116O2/c1-7-8-9-10-11-12-13-14-15-16-17-18-19-20-21-22-23-24-25-26-27-28-29-30-31-32-33-34-35-36-37-38-39-40-41-42-43-47-65(68)69-60-52-54-66(5)59(56-60)48-49-61-63-51-50-62(58(4)46-44-45-57(2)3)67(63,6)55-53-64(61)66/h8-9,11-12,14-15,17-18,48,57-58,60-64H,7,10,13,16,19-47,49-56H2,1-6H3/b9-8-,12-11-,15-14-,18-17-. The number of rotatable bonds is 40. The van der Waals surface area contributed by atoms with E-state index in [9.17, 15) is 4.79 Å². The van der Waals surface area contributed by atoms with Crippen molar-refractivity contribution >= 4 is 5.97 Å². The van der Waals surface area contributed by atoms with Gasteiger partial charge in [-0.3, -0.25) is 4.79 Å². The molecule has 0 aliphatic heterocycles. The maximum Gasteiger partial charge on any atom is 0.306 e. The number of carbonyl (C=O) groups excluding carboxylic acids is 1.